The van der Waals surface area contributed by atoms with E-state index in [2.05, 4.69) is 17.3 Å². The number of nitrogens with two attached hydrogens (primary N) is 1. The van der Waals surface area contributed by atoms with E-state index in [4.69, 9.17) is 5.73 Å². The lowest BCUT2D eigenvalue weighted by atomic mass is 10.2. The highest BCUT2D eigenvalue weighted by molar-refractivity contribution is 7.89. The highest BCUT2D eigenvalue weighted by Crippen LogP contribution is 2.28. The van der Waals surface area contributed by atoms with Gasteiger partial charge in [-0.15, -0.1) is 0 Å². The van der Waals surface area contributed by atoms with Crippen molar-refractivity contribution < 1.29 is 8.42 Å². The summed E-state index contributed by atoms with van der Waals surface area (Å²) in [6.07, 6.45) is 2.35. The van der Waals surface area contributed by atoms with Gasteiger partial charge in [0.15, 0.2) is 0 Å². The molecule has 7 heteroatoms. The number of hydrogen-bond donors (Lipinski definition) is 2. The Balaban J connectivity index is 2.18. The summed E-state index contributed by atoms with van der Waals surface area (Å²) in [5, 5.41) is 3.29. The highest BCUT2D eigenvalue weighted by Gasteiger charge is 2.23. The quantitative estimate of drug-likeness (QED) is 0.794. The minimum atomic E-state index is -3.52. The lowest BCUT2D eigenvalue weighted by Gasteiger charge is -2.22. The van der Waals surface area contributed by atoms with E-state index >= 15 is 0 Å². The van der Waals surface area contributed by atoms with Crippen molar-refractivity contribution in [3.63, 3.8) is 0 Å². The number of nitrogen functional groups attached to an aromatic ring is 1. The number of likely N-dealkylation sites (tertiary alicyclic amines) is 1. The van der Waals surface area contributed by atoms with Crippen LogP contribution < -0.4 is 11.1 Å². The third-order valence-electron chi connectivity index (χ3n) is 4.02. The molecule has 1 heterocycles. The Morgan fingerprint density at radius 1 is 1.43 bits per heavy atom. The molecular formula is C14H24N4O2S. The number of likely N-dealkylation sites (N-methyl/N-ethyl adjacent to an activating group) is 1. The summed E-state index contributed by atoms with van der Waals surface area (Å²) in [6.45, 7) is 1.88. The van der Waals surface area contributed by atoms with Crippen molar-refractivity contribution in [1.82, 2.24) is 9.21 Å². The van der Waals surface area contributed by atoms with Gasteiger partial charge in [-0.3, -0.25) is 0 Å². The maximum Gasteiger partial charge on any atom is 0.244 e. The largest absolute Gasteiger partial charge is 0.396 e. The van der Waals surface area contributed by atoms with E-state index in [1.807, 2.05) is 6.07 Å². The van der Waals surface area contributed by atoms with E-state index < -0.39 is 10.0 Å². The second-order valence-electron chi connectivity index (χ2n) is 5.66. The average molecular weight is 312 g/mol. The molecule has 0 spiro atoms. The zero-order valence-corrected chi connectivity index (χ0v) is 13.7. The summed E-state index contributed by atoms with van der Waals surface area (Å²) in [4.78, 5) is 2.46. The first kappa shape index (κ1) is 16.1. The monoisotopic (exact) mass is 312 g/mol. The van der Waals surface area contributed by atoms with Gasteiger partial charge in [-0.05, 0) is 38.6 Å². The van der Waals surface area contributed by atoms with Crippen LogP contribution in [0.3, 0.4) is 0 Å². The molecule has 1 fully saturated rings. The molecule has 21 heavy (non-hydrogen) atoms. The molecule has 0 radical (unpaired) electrons. The highest BCUT2D eigenvalue weighted by atomic mass is 32.2. The van der Waals surface area contributed by atoms with E-state index in [-0.39, 0.29) is 10.6 Å². The number of nitrogens with zero attached hydrogens (tertiary/aromatic N) is 2. The minimum Gasteiger partial charge on any atom is -0.396 e. The Labute approximate surface area is 127 Å². The van der Waals surface area contributed by atoms with Crippen LogP contribution >= 0.6 is 0 Å². The Morgan fingerprint density at radius 2 is 2.14 bits per heavy atom. The van der Waals surface area contributed by atoms with Gasteiger partial charge in [0.05, 0.1) is 11.4 Å². The number of sulfonamides is 1. The predicted octanol–water partition coefficient (Wildman–Crippen LogP) is 1.03. The van der Waals surface area contributed by atoms with Crippen molar-refractivity contribution in [3.05, 3.63) is 18.2 Å². The van der Waals surface area contributed by atoms with Gasteiger partial charge in [0.1, 0.15) is 4.90 Å². The lowest BCUT2D eigenvalue weighted by molar-refractivity contribution is 0.322. The number of nitrogens with one attached hydrogen (secondary N) is 1. The zero-order chi connectivity index (χ0) is 15.6. The molecule has 0 saturated carbocycles. The van der Waals surface area contributed by atoms with Gasteiger partial charge in [-0.25, -0.2) is 12.7 Å². The van der Waals surface area contributed by atoms with Gasteiger partial charge in [0, 0.05) is 26.7 Å². The van der Waals surface area contributed by atoms with E-state index in [1.165, 1.54) is 30.9 Å². The maximum absolute atomic E-state index is 12.2. The first-order valence-corrected chi connectivity index (χ1v) is 8.53. The Bertz CT molecular complexity index is 601. The second kappa shape index (κ2) is 6.21. The summed E-state index contributed by atoms with van der Waals surface area (Å²) in [5.41, 5.74) is 7.01. The molecule has 2 rings (SSSR count). The van der Waals surface area contributed by atoms with Crippen LogP contribution in [0.2, 0.25) is 0 Å². The fourth-order valence-corrected chi connectivity index (χ4v) is 3.62. The topological polar surface area (TPSA) is 78.7 Å². The molecule has 0 aliphatic carbocycles. The molecule has 6 nitrogen and oxygen atoms in total. The van der Waals surface area contributed by atoms with E-state index in [0.717, 1.165) is 19.5 Å². The number of benzene rings is 1. The lowest BCUT2D eigenvalue weighted by Crippen LogP contribution is -2.31. The third kappa shape index (κ3) is 3.30. The van der Waals surface area contributed by atoms with Crippen molar-refractivity contribution in [2.24, 2.45) is 0 Å². The van der Waals surface area contributed by atoms with Crippen LogP contribution in [0.1, 0.15) is 12.8 Å². The van der Waals surface area contributed by atoms with Gasteiger partial charge >= 0.3 is 0 Å². The van der Waals surface area contributed by atoms with Crippen LogP contribution in [0.5, 0.6) is 0 Å². The fraction of sp³-hybridized carbons (Fsp3) is 0.571. The van der Waals surface area contributed by atoms with Gasteiger partial charge in [0.2, 0.25) is 10.0 Å². The molecule has 0 aromatic heterocycles. The number of rotatable bonds is 5. The van der Waals surface area contributed by atoms with Crippen LogP contribution in [0, 0.1) is 0 Å². The van der Waals surface area contributed by atoms with Gasteiger partial charge in [0.25, 0.3) is 0 Å². The van der Waals surface area contributed by atoms with Crippen molar-refractivity contribution in [1.29, 1.82) is 0 Å². The molecule has 0 amide bonds. The molecule has 118 valence electrons. The van der Waals surface area contributed by atoms with Crippen molar-refractivity contribution in [2.45, 2.75) is 23.8 Å². The standard InChI is InChI=1S/C14H24N4O2S/c1-17(2)21(19,20)13-8-4-7-12(14(13)15)16-10-11-6-5-9-18(11)3/h4,7-8,11,16H,5-6,9-10,15H2,1-3H3. The van der Waals surface area contributed by atoms with E-state index in [0.29, 0.717) is 11.7 Å². The van der Waals surface area contributed by atoms with Crippen LogP contribution in [0.15, 0.2) is 23.1 Å². The van der Waals surface area contributed by atoms with Crippen molar-refractivity contribution in [3.8, 4) is 0 Å². The zero-order valence-electron chi connectivity index (χ0n) is 12.8. The molecule has 0 bridgehead atoms. The molecule has 3 N–H and O–H groups in total. The van der Waals surface area contributed by atoms with Crippen molar-refractivity contribution in [2.75, 3.05) is 45.3 Å². The number of anilines is 2. The van der Waals surface area contributed by atoms with E-state index in [1.54, 1.807) is 6.07 Å². The summed E-state index contributed by atoms with van der Waals surface area (Å²) in [5.74, 6) is 0. The van der Waals surface area contributed by atoms with Crippen LogP contribution in [-0.4, -0.2) is 57.9 Å². The Morgan fingerprint density at radius 3 is 2.71 bits per heavy atom. The second-order valence-corrected chi connectivity index (χ2v) is 7.78. The van der Waals surface area contributed by atoms with Crippen LogP contribution in [0.25, 0.3) is 0 Å². The molecular weight excluding hydrogens is 288 g/mol. The van der Waals surface area contributed by atoms with E-state index in [9.17, 15) is 8.42 Å². The Hall–Kier alpha value is -1.31. The first-order valence-electron chi connectivity index (χ1n) is 7.09. The number of para-hydroxylation sites is 1. The molecule has 1 atom stereocenters. The fourth-order valence-electron chi connectivity index (χ4n) is 2.58. The van der Waals surface area contributed by atoms with Gasteiger partial charge in [-0.2, -0.15) is 0 Å². The maximum atomic E-state index is 12.2. The molecule has 1 aromatic rings. The van der Waals surface area contributed by atoms with Crippen LogP contribution in [0.4, 0.5) is 11.4 Å². The van der Waals surface area contributed by atoms with Crippen molar-refractivity contribution >= 4 is 21.4 Å². The van der Waals surface area contributed by atoms with Crippen LogP contribution in [-0.2, 0) is 10.0 Å². The predicted molar refractivity (Wildman–Crippen MR) is 85.9 cm³/mol. The molecule has 1 saturated heterocycles. The normalized spacial score (nSPS) is 20.1. The average Bonchev–Trinajstić information content (AvgIpc) is 2.82. The molecule has 1 aromatic carbocycles. The summed E-state index contributed by atoms with van der Waals surface area (Å²) >= 11 is 0. The van der Waals surface area contributed by atoms with Gasteiger partial charge in [-0.1, -0.05) is 6.07 Å². The third-order valence-corrected chi connectivity index (χ3v) is 5.90. The Kier molecular flexibility index (Phi) is 4.75. The summed E-state index contributed by atoms with van der Waals surface area (Å²) in [6, 6.07) is 5.54. The SMILES string of the molecule is CN1CCCC1CNc1cccc(S(=O)(=O)N(C)C)c1N. The summed E-state index contributed by atoms with van der Waals surface area (Å²) in [7, 11) is 1.59. The molecule has 1 aliphatic rings. The minimum absolute atomic E-state index is 0.150. The number of hydrogen-bond acceptors (Lipinski definition) is 5. The first-order chi connectivity index (χ1) is 9.84. The molecule has 1 unspecified atom stereocenters. The van der Waals surface area contributed by atoms with Gasteiger partial charge < -0.3 is 16.0 Å². The summed E-state index contributed by atoms with van der Waals surface area (Å²) < 4.78 is 25.6. The molecule has 1 aliphatic heterocycles. The smallest absolute Gasteiger partial charge is 0.244 e.